The van der Waals surface area contributed by atoms with Crippen molar-refractivity contribution in [1.29, 1.82) is 0 Å². The van der Waals surface area contributed by atoms with Crippen molar-refractivity contribution < 1.29 is 4.74 Å². The number of aryl methyl sites for hydroxylation is 1. The topological polar surface area (TPSA) is 42.3 Å². The molecule has 1 fully saturated rings. The molecular formula is C21H32N4O. The lowest BCUT2D eigenvalue weighted by Gasteiger charge is -2.40. The zero-order valence-corrected chi connectivity index (χ0v) is 16.3. The smallest absolute Gasteiger partial charge is 0.0946 e. The summed E-state index contributed by atoms with van der Waals surface area (Å²) in [5, 5.41) is 3.79. The molecule has 5 nitrogen and oxygen atoms in total. The predicted molar refractivity (Wildman–Crippen MR) is 105 cm³/mol. The molecular weight excluding hydrogens is 324 g/mol. The second-order valence-electron chi connectivity index (χ2n) is 7.51. The number of hydrogen-bond donors (Lipinski definition) is 1. The van der Waals surface area contributed by atoms with Crippen LogP contribution in [0.5, 0.6) is 0 Å². The molecule has 1 N–H and O–H groups in total. The summed E-state index contributed by atoms with van der Waals surface area (Å²) in [5.74, 6) is 0.583. The minimum absolute atomic E-state index is 0.335. The van der Waals surface area contributed by atoms with Crippen LogP contribution in [0.2, 0.25) is 0 Å². The van der Waals surface area contributed by atoms with Gasteiger partial charge in [0.15, 0.2) is 0 Å². The molecule has 3 rings (SSSR count). The van der Waals surface area contributed by atoms with E-state index in [1.54, 1.807) is 7.11 Å². The maximum atomic E-state index is 5.47. The van der Waals surface area contributed by atoms with E-state index in [9.17, 15) is 0 Å². The van der Waals surface area contributed by atoms with Crippen molar-refractivity contribution in [3.05, 3.63) is 54.1 Å². The number of nitrogens with zero attached hydrogens (tertiary/aromatic N) is 3. The second-order valence-corrected chi connectivity index (χ2v) is 7.51. The summed E-state index contributed by atoms with van der Waals surface area (Å²) in [5.41, 5.74) is 2.66. The third-order valence-corrected chi connectivity index (χ3v) is 5.53. The Morgan fingerprint density at radius 1 is 1.27 bits per heavy atom. The van der Waals surface area contributed by atoms with Crippen LogP contribution < -0.4 is 5.32 Å². The Morgan fingerprint density at radius 3 is 2.77 bits per heavy atom. The van der Waals surface area contributed by atoms with Gasteiger partial charge in [0.25, 0.3) is 0 Å². The van der Waals surface area contributed by atoms with E-state index in [1.165, 1.54) is 24.1 Å². The molecule has 0 radical (unpaired) electrons. The first-order valence-electron chi connectivity index (χ1n) is 9.61. The highest BCUT2D eigenvalue weighted by molar-refractivity contribution is 5.16. The fraction of sp³-hybridized carbons (Fsp3) is 0.571. The maximum Gasteiger partial charge on any atom is 0.0946 e. The fourth-order valence-electron chi connectivity index (χ4n) is 4.20. The van der Waals surface area contributed by atoms with E-state index in [0.29, 0.717) is 18.0 Å². The normalized spacial score (nSPS) is 22.4. The molecule has 1 aromatic heterocycles. The molecule has 5 heteroatoms. The maximum absolute atomic E-state index is 5.47. The van der Waals surface area contributed by atoms with Crippen LogP contribution in [-0.4, -0.2) is 54.3 Å². The summed E-state index contributed by atoms with van der Waals surface area (Å²) in [6, 6.07) is 11.4. The molecule has 0 bridgehead atoms. The molecule has 0 spiro atoms. The molecule has 1 aliphatic rings. The first kappa shape index (κ1) is 19.1. The third kappa shape index (κ3) is 4.72. The number of imidazole rings is 1. The van der Waals surface area contributed by atoms with Crippen molar-refractivity contribution in [2.45, 2.75) is 31.3 Å². The second kappa shape index (κ2) is 9.31. The minimum atomic E-state index is 0.335. The van der Waals surface area contributed by atoms with Gasteiger partial charge in [-0.1, -0.05) is 30.3 Å². The number of aromatic nitrogens is 2. The van der Waals surface area contributed by atoms with Crippen LogP contribution in [0.15, 0.2) is 42.9 Å². The van der Waals surface area contributed by atoms with E-state index in [4.69, 9.17) is 4.74 Å². The molecule has 26 heavy (non-hydrogen) atoms. The van der Waals surface area contributed by atoms with Gasteiger partial charge in [-0.3, -0.25) is 4.90 Å². The van der Waals surface area contributed by atoms with Gasteiger partial charge in [-0.2, -0.15) is 0 Å². The van der Waals surface area contributed by atoms with Crippen molar-refractivity contribution in [2.75, 3.05) is 33.9 Å². The Labute approximate surface area is 157 Å². The van der Waals surface area contributed by atoms with Gasteiger partial charge >= 0.3 is 0 Å². The molecule has 3 atom stereocenters. The van der Waals surface area contributed by atoms with Crippen LogP contribution in [0.1, 0.15) is 30.1 Å². The van der Waals surface area contributed by atoms with Gasteiger partial charge in [0.2, 0.25) is 0 Å². The summed E-state index contributed by atoms with van der Waals surface area (Å²) in [7, 11) is 6.12. The van der Waals surface area contributed by atoms with Crippen molar-refractivity contribution in [2.24, 2.45) is 13.0 Å². The van der Waals surface area contributed by atoms with Crippen molar-refractivity contribution in [3.8, 4) is 0 Å². The van der Waals surface area contributed by atoms with Gasteiger partial charge in [0.1, 0.15) is 0 Å². The molecule has 1 aromatic carbocycles. The zero-order valence-electron chi connectivity index (χ0n) is 16.3. The standard InChI is InChI=1S/C21H32N4O/c1-24-11-7-10-18(21(24)20-14-22-16-25(20)2)13-23-19(15-26-3)12-17-8-5-4-6-9-17/h4-6,8-9,14,16,18-19,21,23H,7,10-13,15H2,1-3H3/t18-,19+,21+/m0/s1. The van der Waals surface area contributed by atoms with Gasteiger partial charge in [-0.25, -0.2) is 4.98 Å². The van der Waals surface area contributed by atoms with Crippen molar-refractivity contribution in [3.63, 3.8) is 0 Å². The Balaban J connectivity index is 1.65. The zero-order chi connectivity index (χ0) is 18.4. The van der Waals surface area contributed by atoms with E-state index in [1.807, 2.05) is 12.5 Å². The van der Waals surface area contributed by atoms with Crippen LogP contribution in [0.4, 0.5) is 0 Å². The number of methoxy groups -OCH3 is 1. The highest BCUT2D eigenvalue weighted by Crippen LogP contribution is 2.34. The van der Waals surface area contributed by atoms with Gasteiger partial charge in [-0.05, 0) is 44.3 Å². The van der Waals surface area contributed by atoms with Gasteiger partial charge in [0, 0.05) is 32.9 Å². The summed E-state index contributed by atoms with van der Waals surface area (Å²) in [6.07, 6.45) is 7.43. The van der Waals surface area contributed by atoms with Crippen molar-refractivity contribution in [1.82, 2.24) is 19.8 Å². The monoisotopic (exact) mass is 356 g/mol. The molecule has 0 amide bonds. The number of rotatable bonds is 8. The van der Waals surface area contributed by atoms with Crippen LogP contribution in [0, 0.1) is 5.92 Å². The van der Waals surface area contributed by atoms with Crippen LogP contribution in [0.3, 0.4) is 0 Å². The molecule has 1 saturated heterocycles. The summed E-state index contributed by atoms with van der Waals surface area (Å²) < 4.78 is 7.63. The highest BCUT2D eigenvalue weighted by atomic mass is 16.5. The summed E-state index contributed by atoms with van der Waals surface area (Å²) >= 11 is 0. The number of hydrogen-bond acceptors (Lipinski definition) is 4. The Bertz CT molecular complexity index is 657. The Kier molecular flexibility index (Phi) is 6.83. The highest BCUT2D eigenvalue weighted by Gasteiger charge is 2.32. The first-order chi connectivity index (χ1) is 12.7. The molecule has 2 aromatic rings. The lowest BCUT2D eigenvalue weighted by molar-refractivity contribution is 0.105. The summed E-state index contributed by atoms with van der Waals surface area (Å²) in [4.78, 5) is 6.82. The van der Waals surface area contributed by atoms with Crippen LogP contribution >= 0.6 is 0 Å². The van der Waals surface area contributed by atoms with E-state index in [2.05, 4.69) is 64.2 Å². The number of likely N-dealkylation sites (tertiary alicyclic amines) is 1. The van der Waals surface area contributed by atoms with Gasteiger partial charge in [-0.15, -0.1) is 0 Å². The summed E-state index contributed by atoms with van der Waals surface area (Å²) in [6.45, 7) is 2.88. The SMILES string of the molecule is COC[C@@H](Cc1ccccc1)NC[C@@H]1CCCN(C)[C@H]1c1cncn1C. The lowest BCUT2D eigenvalue weighted by atomic mass is 9.87. The number of piperidine rings is 1. The van der Waals surface area contributed by atoms with E-state index in [0.717, 1.165) is 26.1 Å². The van der Waals surface area contributed by atoms with Crippen LogP contribution in [-0.2, 0) is 18.2 Å². The number of nitrogens with one attached hydrogen (secondary N) is 1. The molecule has 2 heterocycles. The number of ether oxygens (including phenoxy) is 1. The molecule has 142 valence electrons. The molecule has 0 unspecified atom stereocenters. The first-order valence-corrected chi connectivity index (χ1v) is 9.61. The lowest BCUT2D eigenvalue weighted by Crippen LogP contribution is -2.45. The molecule has 1 aliphatic heterocycles. The minimum Gasteiger partial charge on any atom is -0.383 e. The largest absolute Gasteiger partial charge is 0.383 e. The number of benzene rings is 1. The van der Waals surface area contributed by atoms with Gasteiger partial charge in [0.05, 0.1) is 24.7 Å². The van der Waals surface area contributed by atoms with Crippen molar-refractivity contribution >= 4 is 0 Å². The average Bonchev–Trinajstić information content (AvgIpc) is 3.06. The fourth-order valence-corrected chi connectivity index (χ4v) is 4.20. The average molecular weight is 357 g/mol. The Morgan fingerprint density at radius 2 is 2.08 bits per heavy atom. The van der Waals surface area contributed by atoms with E-state index in [-0.39, 0.29) is 0 Å². The van der Waals surface area contributed by atoms with Gasteiger partial charge < -0.3 is 14.6 Å². The molecule has 0 aliphatic carbocycles. The third-order valence-electron chi connectivity index (χ3n) is 5.53. The van der Waals surface area contributed by atoms with E-state index >= 15 is 0 Å². The van der Waals surface area contributed by atoms with E-state index < -0.39 is 0 Å². The quantitative estimate of drug-likeness (QED) is 0.790. The molecule has 0 saturated carbocycles. The predicted octanol–water partition coefficient (Wildman–Crippen LogP) is 2.65. The van der Waals surface area contributed by atoms with Crippen LogP contribution in [0.25, 0.3) is 0 Å². The Hall–Kier alpha value is -1.69.